The average molecular weight is 351 g/mol. The Labute approximate surface area is 153 Å². The molecule has 0 aromatic heterocycles. The SMILES string of the molecule is C=C(C)CC/C=C(\C)CC/C=C(\F)CC/C=C(\C)CCC(=O)OCC. The number of carbonyl (C=O) groups excluding carboxylic acids is 1. The smallest absolute Gasteiger partial charge is 0.306 e. The van der Waals surface area contributed by atoms with Crippen LogP contribution in [0.15, 0.2) is 47.4 Å². The van der Waals surface area contributed by atoms with Gasteiger partial charge in [0, 0.05) is 12.8 Å². The fourth-order valence-corrected chi connectivity index (χ4v) is 2.32. The first-order valence-electron chi connectivity index (χ1n) is 9.31. The number of carbonyl (C=O) groups is 1. The molecule has 0 unspecified atom stereocenters. The molecule has 25 heavy (non-hydrogen) atoms. The first-order valence-corrected chi connectivity index (χ1v) is 9.31. The maximum Gasteiger partial charge on any atom is 0.306 e. The van der Waals surface area contributed by atoms with Gasteiger partial charge in [-0.1, -0.05) is 34.9 Å². The van der Waals surface area contributed by atoms with Gasteiger partial charge in [-0.3, -0.25) is 4.79 Å². The molecule has 142 valence electrons. The van der Waals surface area contributed by atoms with Crippen molar-refractivity contribution in [3.8, 4) is 0 Å². The van der Waals surface area contributed by atoms with E-state index >= 15 is 0 Å². The van der Waals surface area contributed by atoms with Crippen LogP contribution < -0.4 is 0 Å². The number of hydrogen-bond acceptors (Lipinski definition) is 2. The molecule has 0 spiro atoms. The Kier molecular flexibility index (Phi) is 13.7. The molecule has 0 rings (SSSR count). The Morgan fingerprint density at radius 1 is 0.880 bits per heavy atom. The van der Waals surface area contributed by atoms with E-state index in [1.165, 1.54) is 11.1 Å². The predicted molar refractivity (Wildman–Crippen MR) is 105 cm³/mol. The molecule has 0 aromatic carbocycles. The number of hydrogen-bond donors (Lipinski definition) is 0. The standard InChI is InChI=1S/C22H35FO2/c1-6-25-22(24)17-16-20(5)13-9-15-21(23)14-8-12-19(4)11-7-10-18(2)3/h11,13-14H,2,6-10,12,15-17H2,1,3-5H3/b19-11+,20-13+,21-14-. The monoisotopic (exact) mass is 350 g/mol. The molecular weight excluding hydrogens is 315 g/mol. The zero-order chi connectivity index (χ0) is 19.1. The van der Waals surface area contributed by atoms with Gasteiger partial charge in [-0.15, -0.1) is 6.58 Å². The Morgan fingerprint density at radius 3 is 2.04 bits per heavy atom. The van der Waals surface area contributed by atoms with Crippen LogP contribution in [0.3, 0.4) is 0 Å². The fourth-order valence-electron chi connectivity index (χ4n) is 2.32. The van der Waals surface area contributed by atoms with Crippen molar-refractivity contribution in [3.63, 3.8) is 0 Å². The molecule has 0 saturated heterocycles. The lowest BCUT2D eigenvalue weighted by Crippen LogP contribution is -2.03. The molecular formula is C22H35FO2. The zero-order valence-electron chi connectivity index (χ0n) is 16.5. The van der Waals surface area contributed by atoms with E-state index in [4.69, 9.17) is 4.74 Å². The van der Waals surface area contributed by atoms with Gasteiger partial charge in [0.05, 0.1) is 12.4 Å². The summed E-state index contributed by atoms with van der Waals surface area (Å²) in [5.74, 6) is -0.225. The van der Waals surface area contributed by atoms with Gasteiger partial charge in [0.25, 0.3) is 0 Å². The molecule has 0 fully saturated rings. The molecule has 0 amide bonds. The van der Waals surface area contributed by atoms with Crippen LogP contribution in [0.5, 0.6) is 0 Å². The Balaban J connectivity index is 3.98. The van der Waals surface area contributed by atoms with E-state index in [0.717, 1.165) is 31.3 Å². The van der Waals surface area contributed by atoms with Crippen molar-refractivity contribution in [1.82, 2.24) is 0 Å². The normalized spacial score (nSPS) is 13.1. The van der Waals surface area contributed by atoms with Crippen LogP contribution in [-0.4, -0.2) is 12.6 Å². The first-order chi connectivity index (χ1) is 11.8. The second-order valence-electron chi connectivity index (χ2n) is 6.63. The topological polar surface area (TPSA) is 26.3 Å². The van der Waals surface area contributed by atoms with Crippen molar-refractivity contribution in [2.75, 3.05) is 6.61 Å². The lowest BCUT2D eigenvalue weighted by molar-refractivity contribution is -0.143. The lowest BCUT2D eigenvalue weighted by atomic mass is 10.1. The molecule has 0 atom stereocenters. The highest BCUT2D eigenvalue weighted by atomic mass is 19.1. The molecule has 2 nitrogen and oxygen atoms in total. The van der Waals surface area contributed by atoms with E-state index in [1.807, 2.05) is 19.9 Å². The van der Waals surface area contributed by atoms with Gasteiger partial charge in [-0.25, -0.2) is 4.39 Å². The van der Waals surface area contributed by atoms with Gasteiger partial charge in [0.15, 0.2) is 0 Å². The summed E-state index contributed by atoms with van der Waals surface area (Å²) in [6.45, 7) is 12.2. The van der Waals surface area contributed by atoms with Crippen LogP contribution in [0.1, 0.15) is 79.1 Å². The van der Waals surface area contributed by atoms with Gasteiger partial charge >= 0.3 is 5.97 Å². The quantitative estimate of drug-likeness (QED) is 0.264. The number of esters is 1. The summed E-state index contributed by atoms with van der Waals surface area (Å²) in [5.41, 5.74) is 3.61. The summed E-state index contributed by atoms with van der Waals surface area (Å²) < 4.78 is 18.7. The van der Waals surface area contributed by atoms with Crippen LogP contribution in [0, 0.1) is 0 Å². The molecule has 0 aromatic rings. The van der Waals surface area contributed by atoms with Gasteiger partial charge < -0.3 is 4.74 Å². The van der Waals surface area contributed by atoms with Gasteiger partial charge in [-0.05, 0) is 66.2 Å². The summed E-state index contributed by atoms with van der Waals surface area (Å²) >= 11 is 0. The lowest BCUT2D eigenvalue weighted by Gasteiger charge is -2.02. The van der Waals surface area contributed by atoms with Gasteiger partial charge in [0.2, 0.25) is 0 Å². The van der Waals surface area contributed by atoms with E-state index in [-0.39, 0.29) is 11.8 Å². The molecule has 0 aliphatic rings. The minimum absolute atomic E-state index is 0.0517. The van der Waals surface area contributed by atoms with E-state index in [1.54, 1.807) is 13.0 Å². The van der Waals surface area contributed by atoms with E-state index in [9.17, 15) is 9.18 Å². The second kappa shape index (κ2) is 14.7. The molecule has 3 heteroatoms. The van der Waals surface area contributed by atoms with Gasteiger partial charge in [-0.2, -0.15) is 0 Å². The summed E-state index contributed by atoms with van der Waals surface area (Å²) in [6, 6.07) is 0. The van der Waals surface area contributed by atoms with Gasteiger partial charge in [0.1, 0.15) is 0 Å². The highest BCUT2D eigenvalue weighted by Crippen LogP contribution is 2.15. The van der Waals surface area contributed by atoms with Crippen LogP contribution in [0.4, 0.5) is 4.39 Å². The van der Waals surface area contributed by atoms with E-state index in [2.05, 4.69) is 19.6 Å². The number of halogens is 1. The van der Waals surface area contributed by atoms with Crippen molar-refractivity contribution in [2.24, 2.45) is 0 Å². The van der Waals surface area contributed by atoms with Crippen molar-refractivity contribution < 1.29 is 13.9 Å². The van der Waals surface area contributed by atoms with Crippen molar-refractivity contribution in [3.05, 3.63) is 47.4 Å². The molecule has 0 N–H and O–H groups in total. The summed E-state index contributed by atoms with van der Waals surface area (Å²) in [5, 5.41) is 0. The highest BCUT2D eigenvalue weighted by Gasteiger charge is 2.02. The summed E-state index contributed by atoms with van der Waals surface area (Å²) in [4.78, 5) is 11.3. The maximum absolute atomic E-state index is 13.8. The number of ether oxygens (including phenoxy) is 1. The Hall–Kier alpha value is -1.64. The Morgan fingerprint density at radius 2 is 1.44 bits per heavy atom. The molecule has 0 bridgehead atoms. The zero-order valence-corrected chi connectivity index (χ0v) is 16.5. The molecule has 0 heterocycles. The van der Waals surface area contributed by atoms with Crippen LogP contribution in [-0.2, 0) is 9.53 Å². The van der Waals surface area contributed by atoms with Crippen molar-refractivity contribution in [2.45, 2.75) is 79.1 Å². The summed E-state index contributed by atoms with van der Waals surface area (Å²) in [7, 11) is 0. The van der Waals surface area contributed by atoms with E-state index < -0.39 is 0 Å². The Bertz CT molecular complexity index is 498. The molecule has 0 aliphatic heterocycles. The second-order valence-corrected chi connectivity index (χ2v) is 6.63. The number of rotatable bonds is 13. The maximum atomic E-state index is 13.8. The molecule has 0 saturated carbocycles. The molecule has 0 aliphatic carbocycles. The minimum atomic E-state index is -0.173. The third kappa shape index (κ3) is 15.6. The van der Waals surface area contributed by atoms with Crippen molar-refractivity contribution >= 4 is 5.97 Å². The highest BCUT2D eigenvalue weighted by molar-refractivity contribution is 5.69. The van der Waals surface area contributed by atoms with E-state index in [0.29, 0.717) is 32.3 Å². The predicted octanol–water partition coefficient (Wildman–Crippen LogP) is 6.99. The average Bonchev–Trinajstić information content (AvgIpc) is 2.53. The van der Waals surface area contributed by atoms with Crippen LogP contribution >= 0.6 is 0 Å². The number of allylic oxidation sites excluding steroid dienone is 7. The molecule has 0 radical (unpaired) electrons. The van der Waals surface area contributed by atoms with Crippen LogP contribution in [0.25, 0.3) is 0 Å². The third-order valence-corrected chi connectivity index (χ3v) is 3.87. The minimum Gasteiger partial charge on any atom is -0.466 e. The van der Waals surface area contributed by atoms with Crippen molar-refractivity contribution in [1.29, 1.82) is 0 Å². The summed E-state index contributed by atoms with van der Waals surface area (Å²) in [6.07, 6.45) is 11.8. The third-order valence-electron chi connectivity index (χ3n) is 3.87. The largest absolute Gasteiger partial charge is 0.466 e. The van der Waals surface area contributed by atoms with Crippen LogP contribution in [0.2, 0.25) is 0 Å². The first kappa shape index (κ1) is 23.4. The fraction of sp³-hybridized carbons (Fsp3) is 0.591.